The van der Waals surface area contributed by atoms with Crippen molar-refractivity contribution in [3.8, 4) is 0 Å². The summed E-state index contributed by atoms with van der Waals surface area (Å²) in [4.78, 5) is 17.4. The molecule has 184 valence electrons. The minimum absolute atomic E-state index is 0.0438. The molecule has 0 radical (unpaired) electrons. The molecule has 9 heteroatoms. The Balaban J connectivity index is 1.49. The Bertz CT molecular complexity index is 1250. The van der Waals surface area contributed by atoms with E-state index in [9.17, 15) is 13.2 Å². The van der Waals surface area contributed by atoms with Crippen molar-refractivity contribution in [2.75, 3.05) is 26.2 Å². The monoisotopic (exact) mass is 531 g/mol. The summed E-state index contributed by atoms with van der Waals surface area (Å²) >= 11 is 12.2. The predicted molar refractivity (Wildman–Crippen MR) is 139 cm³/mol. The Labute approximate surface area is 216 Å². The van der Waals surface area contributed by atoms with E-state index in [0.717, 1.165) is 12.1 Å². The van der Waals surface area contributed by atoms with Crippen molar-refractivity contribution in [1.82, 2.24) is 14.5 Å². The number of hydrogen-bond donors (Lipinski definition) is 1. The number of halogens is 2. The fourth-order valence-corrected chi connectivity index (χ4v) is 6.10. The molecule has 0 spiro atoms. The molecule has 3 aromatic rings. The number of nitrogens with zero attached hydrogens (tertiary/aromatic N) is 2. The highest BCUT2D eigenvalue weighted by molar-refractivity contribution is 7.89. The maximum atomic E-state index is 13.5. The molecule has 1 aliphatic rings. The highest BCUT2D eigenvalue weighted by atomic mass is 35.5. The first-order chi connectivity index (χ1) is 16.8. The van der Waals surface area contributed by atoms with Crippen molar-refractivity contribution in [1.29, 1.82) is 0 Å². The van der Waals surface area contributed by atoms with Gasteiger partial charge < -0.3 is 4.90 Å². The Morgan fingerprint density at radius 2 is 1.46 bits per heavy atom. The average Bonchev–Trinajstić information content (AvgIpc) is 2.86. The van der Waals surface area contributed by atoms with Crippen LogP contribution in [0.3, 0.4) is 0 Å². The summed E-state index contributed by atoms with van der Waals surface area (Å²) in [5.41, 5.74) is 2.08. The molecule has 1 saturated heterocycles. The minimum Gasteiger partial charge on any atom is -0.339 e. The first-order valence-corrected chi connectivity index (χ1v) is 13.6. The second-order valence-electron chi connectivity index (χ2n) is 8.53. The van der Waals surface area contributed by atoms with Crippen LogP contribution in [0.1, 0.15) is 11.1 Å². The maximum absolute atomic E-state index is 13.5. The number of sulfonamides is 1. The Hall–Kier alpha value is -2.42. The Morgan fingerprint density at radius 1 is 0.857 bits per heavy atom. The zero-order valence-corrected chi connectivity index (χ0v) is 21.4. The van der Waals surface area contributed by atoms with Crippen LogP contribution in [0.5, 0.6) is 0 Å². The number of hydrogen-bond acceptors (Lipinski definition) is 4. The highest BCUT2D eigenvalue weighted by Gasteiger charge is 2.32. The van der Waals surface area contributed by atoms with Crippen LogP contribution in [0.4, 0.5) is 0 Å². The minimum atomic E-state index is -4.09. The molecule has 1 amide bonds. The molecule has 1 aliphatic heterocycles. The molecule has 1 N–H and O–H groups in total. The second kappa shape index (κ2) is 11.5. The van der Waals surface area contributed by atoms with Gasteiger partial charge in [0.05, 0.1) is 5.02 Å². The third-order valence-electron chi connectivity index (χ3n) is 5.99. The molecular formula is C26H27Cl2N3O3S. The summed E-state index contributed by atoms with van der Waals surface area (Å²) < 4.78 is 29.0. The van der Waals surface area contributed by atoms with Crippen LogP contribution in [0.15, 0.2) is 83.8 Å². The van der Waals surface area contributed by atoms with Gasteiger partial charge in [0, 0.05) is 37.7 Å². The third kappa shape index (κ3) is 6.84. The van der Waals surface area contributed by atoms with Gasteiger partial charge in [-0.3, -0.25) is 9.69 Å². The Kier molecular flexibility index (Phi) is 8.46. The maximum Gasteiger partial charge on any atom is 0.242 e. The van der Waals surface area contributed by atoms with Gasteiger partial charge in [-0.05, 0) is 35.7 Å². The van der Waals surface area contributed by atoms with Gasteiger partial charge in [-0.25, -0.2) is 8.42 Å². The van der Waals surface area contributed by atoms with E-state index in [1.165, 1.54) is 23.8 Å². The lowest BCUT2D eigenvalue weighted by atomic mass is 10.1. The van der Waals surface area contributed by atoms with Gasteiger partial charge in [0.15, 0.2) is 0 Å². The molecule has 4 rings (SSSR count). The number of benzene rings is 3. The standard InChI is InChI=1S/C26H27Cl2N3O3S/c27-22-11-12-23(28)25(18-22)35(33,34)29-24(17-20-7-3-1-4-8-20)26(32)31-15-13-30(14-16-31)19-21-9-5-2-6-10-21/h1-12,18,24,29H,13-17,19H2. The molecule has 3 aromatic carbocycles. The SMILES string of the molecule is O=C(C(Cc1ccccc1)NS(=O)(=O)c1cc(Cl)ccc1Cl)N1CCN(Cc2ccccc2)CC1. The van der Waals surface area contributed by atoms with E-state index in [1.807, 2.05) is 48.5 Å². The molecule has 6 nitrogen and oxygen atoms in total. The molecule has 1 heterocycles. The Morgan fingerprint density at radius 3 is 2.09 bits per heavy atom. The van der Waals surface area contributed by atoms with Crippen molar-refractivity contribution in [3.63, 3.8) is 0 Å². The highest BCUT2D eigenvalue weighted by Crippen LogP contribution is 2.25. The van der Waals surface area contributed by atoms with E-state index >= 15 is 0 Å². The fourth-order valence-electron chi connectivity index (χ4n) is 4.15. The van der Waals surface area contributed by atoms with Crippen LogP contribution < -0.4 is 4.72 Å². The van der Waals surface area contributed by atoms with E-state index in [2.05, 4.69) is 21.8 Å². The van der Waals surface area contributed by atoms with Crippen LogP contribution in [0.25, 0.3) is 0 Å². The van der Waals surface area contributed by atoms with E-state index in [-0.39, 0.29) is 27.3 Å². The van der Waals surface area contributed by atoms with Crippen LogP contribution in [0, 0.1) is 0 Å². The van der Waals surface area contributed by atoms with Crippen LogP contribution >= 0.6 is 23.2 Å². The van der Waals surface area contributed by atoms with Gasteiger partial charge in [0.25, 0.3) is 0 Å². The summed E-state index contributed by atoms with van der Waals surface area (Å²) in [6.45, 7) is 3.29. The van der Waals surface area contributed by atoms with Crippen molar-refractivity contribution in [2.24, 2.45) is 0 Å². The molecule has 0 saturated carbocycles. The number of nitrogens with one attached hydrogen (secondary N) is 1. The molecule has 0 aliphatic carbocycles. The normalized spacial score (nSPS) is 15.7. The summed E-state index contributed by atoms with van der Waals surface area (Å²) in [5.74, 6) is -0.255. The molecule has 0 bridgehead atoms. The van der Waals surface area contributed by atoms with Crippen LogP contribution in [-0.2, 0) is 27.8 Å². The van der Waals surface area contributed by atoms with Gasteiger partial charge >= 0.3 is 0 Å². The molecule has 1 unspecified atom stereocenters. The second-order valence-corrected chi connectivity index (χ2v) is 11.1. The van der Waals surface area contributed by atoms with Crippen molar-refractivity contribution < 1.29 is 13.2 Å². The first-order valence-electron chi connectivity index (χ1n) is 11.4. The van der Waals surface area contributed by atoms with Crippen LogP contribution in [0.2, 0.25) is 10.0 Å². The number of rotatable bonds is 8. The van der Waals surface area contributed by atoms with Crippen molar-refractivity contribution >= 4 is 39.1 Å². The molecule has 35 heavy (non-hydrogen) atoms. The quantitative estimate of drug-likeness (QED) is 0.472. The van der Waals surface area contributed by atoms with Gasteiger partial charge in [-0.2, -0.15) is 4.72 Å². The molecule has 0 aromatic heterocycles. The predicted octanol–water partition coefficient (Wildman–Crippen LogP) is 4.23. The molecule has 1 atom stereocenters. The zero-order chi connectivity index (χ0) is 24.8. The van der Waals surface area contributed by atoms with E-state index < -0.39 is 16.1 Å². The van der Waals surface area contributed by atoms with Gasteiger partial charge in [0.2, 0.25) is 15.9 Å². The topological polar surface area (TPSA) is 69.7 Å². The van der Waals surface area contributed by atoms with Gasteiger partial charge in [-0.1, -0.05) is 83.9 Å². The average molecular weight is 532 g/mol. The van der Waals surface area contributed by atoms with Gasteiger partial charge in [-0.15, -0.1) is 0 Å². The number of carbonyl (C=O) groups is 1. The lowest BCUT2D eigenvalue weighted by Gasteiger charge is -2.36. The van der Waals surface area contributed by atoms with E-state index in [0.29, 0.717) is 26.2 Å². The summed E-state index contributed by atoms with van der Waals surface area (Å²) in [5, 5.41) is 0.289. The molecule has 1 fully saturated rings. The van der Waals surface area contributed by atoms with E-state index in [1.54, 1.807) is 4.90 Å². The largest absolute Gasteiger partial charge is 0.339 e. The number of piperazine rings is 1. The van der Waals surface area contributed by atoms with Crippen LogP contribution in [-0.4, -0.2) is 56.3 Å². The number of amides is 1. The van der Waals surface area contributed by atoms with Crippen molar-refractivity contribution in [2.45, 2.75) is 23.9 Å². The lowest BCUT2D eigenvalue weighted by molar-refractivity contribution is -0.134. The summed E-state index contributed by atoms with van der Waals surface area (Å²) in [7, 11) is -4.09. The van der Waals surface area contributed by atoms with Crippen molar-refractivity contribution in [3.05, 3.63) is 100 Å². The third-order valence-corrected chi connectivity index (χ3v) is 8.18. The zero-order valence-electron chi connectivity index (χ0n) is 19.1. The lowest BCUT2D eigenvalue weighted by Crippen LogP contribution is -2.55. The first kappa shape index (κ1) is 25.7. The summed E-state index contributed by atoms with van der Waals surface area (Å²) in [6, 6.07) is 22.8. The smallest absolute Gasteiger partial charge is 0.242 e. The van der Waals surface area contributed by atoms with Gasteiger partial charge in [0.1, 0.15) is 10.9 Å². The van der Waals surface area contributed by atoms with E-state index in [4.69, 9.17) is 23.2 Å². The molecular weight excluding hydrogens is 505 g/mol. The summed E-state index contributed by atoms with van der Waals surface area (Å²) in [6.07, 6.45) is 0.224. The number of carbonyl (C=O) groups excluding carboxylic acids is 1. The fraction of sp³-hybridized carbons (Fsp3) is 0.269.